The minimum Gasteiger partial charge on any atom is -0.504 e. The number of rotatable bonds is 3. The molecule has 3 N–H and O–H groups in total. The van der Waals surface area contributed by atoms with Gasteiger partial charge in [-0.15, -0.1) is 0 Å². The molecule has 0 atom stereocenters. The van der Waals surface area contributed by atoms with Gasteiger partial charge in [-0.25, -0.2) is 0 Å². The van der Waals surface area contributed by atoms with Gasteiger partial charge in [-0.3, -0.25) is 10.1 Å². The number of carbonyl (C=O) groups excluding carboxylic acids is 1. The van der Waals surface area contributed by atoms with Crippen molar-refractivity contribution in [3.63, 3.8) is 0 Å². The van der Waals surface area contributed by atoms with Crippen molar-refractivity contribution >= 4 is 51.3 Å². The molecule has 156 valence electrons. The van der Waals surface area contributed by atoms with Crippen molar-refractivity contribution in [2.24, 2.45) is 0 Å². The predicted molar refractivity (Wildman–Crippen MR) is 126 cm³/mol. The SMILES string of the molecule is COc1cc2ccccc2cc1C(=O)NC(=S)Nc1cc(C(C)(C)C)cc(Cl)c1O. The van der Waals surface area contributed by atoms with Crippen LogP contribution in [0.2, 0.25) is 5.02 Å². The lowest BCUT2D eigenvalue weighted by molar-refractivity contribution is 0.0975. The molecule has 3 aromatic rings. The highest BCUT2D eigenvalue weighted by molar-refractivity contribution is 7.80. The third-order valence-corrected chi connectivity index (χ3v) is 5.21. The van der Waals surface area contributed by atoms with Gasteiger partial charge in [0.25, 0.3) is 5.91 Å². The van der Waals surface area contributed by atoms with Crippen LogP contribution in [0.4, 0.5) is 5.69 Å². The average Bonchev–Trinajstić information content (AvgIpc) is 2.69. The lowest BCUT2D eigenvalue weighted by Crippen LogP contribution is -2.34. The van der Waals surface area contributed by atoms with Gasteiger partial charge in [0.15, 0.2) is 10.9 Å². The fraction of sp³-hybridized carbons (Fsp3) is 0.217. The number of phenolic OH excluding ortho intramolecular Hbond substituents is 1. The molecule has 7 heteroatoms. The molecule has 0 heterocycles. The van der Waals surface area contributed by atoms with Gasteiger partial charge in [0.2, 0.25) is 0 Å². The molecule has 0 fully saturated rings. The number of carbonyl (C=O) groups is 1. The summed E-state index contributed by atoms with van der Waals surface area (Å²) in [6, 6.07) is 14.7. The van der Waals surface area contributed by atoms with E-state index in [9.17, 15) is 9.90 Å². The normalized spacial score (nSPS) is 11.2. The Morgan fingerprint density at radius 1 is 1.10 bits per heavy atom. The zero-order chi connectivity index (χ0) is 22.1. The van der Waals surface area contributed by atoms with E-state index in [2.05, 4.69) is 10.6 Å². The fourth-order valence-electron chi connectivity index (χ4n) is 3.02. The maximum atomic E-state index is 12.8. The van der Waals surface area contributed by atoms with E-state index in [1.165, 1.54) is 7.11 Å². The highest BCUT2D eigenvalue weighted by Gasteiger charge is 2.20. The summed E-state index contributed by atoms with van der Waals surface area (Å²) in [5.74, 6) is -0.119. The molecule has 0 spiro atoms. The number of ether oxygens (including phenoxy) is 1. The summed E-state index contributed by atoms with van der Waals surface area (Å²) >= 11 is 11.5. The van der Waals surface area contributed by atoms with Crippen molar-refractivity contribution in [3.05, 3.63) is 64.7 Å². The second-order valence-corrected chi connectivity index (χ2v) is 8.73. The van der Waals surface area contributed by atoms with Crippen LogP contribution in [0.1, 0.15) is 36.7 Å². The van der Waals surface area contributed by atoms with Crippen LogP contribution in [-0.4, -0.2) is 23.2 Å². The molecular weight excluding hydrogens is 420 g/mol. The molecule has 0 aromatic heterocycles. The maximum absolute atomic E-state index is 12.8. The number of methoxy groups -OCH3 is 1. The van der Waals surface area contributed by atoms with Crippen molar-refractivity contribution in [2.45, 2.75) is 26.2 Å². The van der Waals surface area contributed by atoms with Crippen LogP contribution >= 0.6 is 23.8 Å². The quantitative estimate of drug-likeness (QED) is 0.362. The number of phenols is 1. The van der Waals surface area contributed by atoms with Crippen LogP contribution in [0.15, 0.2) is 48.5 Å². The van der Waals surface area contributed by atoms with E-state index in [-0.39, 0.29) is 21.3 Å². The van der Waals surface area contributed by atoms with Crippen molar-refractivity contribution < 1.29 is 14.6 Å². The summed E-state index contributed by atoms with van der Waals surface area (Å²) < 4.78 is 5.38. The second-order valence-electron chi connectivity index (χ2n) is 7.91. The van der Waals surface area contributed by atoms with Crippen LogP contribution in [0.3, 0.4) is 0 Å². The number of hydrogen-bond donors (Lipinski definition) is 3. The van der Waals surface area contributed by atoms with E-state index in [1.807, 2.05) is 45.0 Å². The summed E-state index contributed by atoms with van der Waals surface area (Å²) in [5.41, 5.74) is 1.41. The fourth-order valence-corrected chi connectivity index (χ4v) is 3.44. The van der Waals surface area contributed by atoms with Crippen LogP contribution < -0.4 is 15.4 Å². The number of nitrogens with one attached hydrogen (secondary N) is 2. The Labute approximate surface area is 186 Å². The van der Waals surface area contributed by atoms with E-state index in [1.54, 1.807) is 24.3 Å². The molecular formula is C23H23ClN2O3S. The molecule has 0 aliphatic rings. The average molecular weight is 443 g/mol. The number of thiocarbonyl (C=S) groups is 1. The molecule has 3 aromatic carbocycles. The zero-order valence-electron chi connectivity index (χ0n) is 17.2. The Hall–Kier alpha value is -2.83. The number of hydrogen-bond acceptors (Lipinski definition) is 4. The Bertz CT molecular complexity index is 1140. The van der Waals surface area contributed by atoms with Gasteiger partial charge in [-0.2, -0.15) is 0 Å². The van der Waals surface area contributed by atoms with Crippen LogP contribution in [0.25, 0.3) is 10.8 Å². The largest absolute Gasteiger partial charge is 0.504 e. The van der Waals surface area contributed by atoms with Gasteiger partial charge < -0.3 is 15.2 Å². The lowest BCUT2D eigenvalue weighted by atomic mass is 9.87. The van der Waals surface area contributed by atoms with Crippen LogP contribution in [0, 0.1) is 0 Å². The van der Waals surface area contributed by atoms with Crippen molar-refractivity contribution in [2.75, 3.05) is 12.4 Å². The first kappa shape index (κ1) is 21.9. The van der Waals surface area contributed by atoms with Crippen LogP contribution in [-0.2, 0) is 5.41 Å². The topological polar surface area (TPSA) is 70.6 Å². The van der Waals surface area contributed by atoms with Gasteiger partial charge >= 0.3 is 0 Å². The third kappa shape index (κ3) is 4.66. The van der Waals surface area contributed by atoms with Crippen molar-refractivity contribution in [1.29, 1.82) is 0 Å². The summed E-state index contributed by atoms with van der Waals surface area (Å²) in [7, 11) is 1.51. The van der Waals surface area contributed by atoms with Gasteiger partial charge in [-0.1, -0.05) is 56.6 Å². The standard InChI is InChI=1S/C23H23ClN2O3S/c1-23(2,3)15-11-17(24)20(27)18(12-15)25-22(30)26-21(28)16-9-13-7-5-6-8-14(13)10-19(16)29-4/h5-12,27H,1-4H3,(H2,25,26,28,30). The number of amides is 1. The monoisotopic (exact) mass is 442 g/mol. The number of anilines is 1. The van der Waals surface area contributed by atoms with Gasteiger partial charge in [0, 0.05) is 0 Å². The van der Waals surface area contributed by atoms with Gasteiger partial charge in [0.05, 0.1) is 23.4 Å². The van der Waals surface area contributed by atoms with E-state index >= 15 is 0 Å². The Kier molecular flexibility index (Phi) is 6.19. The maximum Gasteiger partial charge on any atom is 0.261 e. The number of fused-ring (bicyclic) bond motifs is 1. The minimum absolute atomic E-state index is 0.0348. The van der Waals surface area contributed by atoms with Gasteiger partial charge in [-0.05, 0) is 58.2 Å². The lowest BCUT2D eigenvalue weighted by Gasteiger charge is -2.22. The molecule has 0 saturated heterocycles. The second kappa shape index (κ2) is 8.50. The molecule has 0 unspecified atom stereocenters. The summed E-state index contributed by atoms with van der Waals surface area (Å²) in [4.78, 5) is 12.8. The number of benzene rings is 3. The van der Waals surface area contributed by atoms with E-state index in [0.717, 1.165) is 16.3 Å². The first-order chi connectivity index (χ1) is 14.1. The highest BCUT2D eigenvalue weighted by atomic mass is 35.5. The minimum atomic E-state index is -0.423. The molecule has 30 heavy (non-hydrogen) atoms. The molecule has 3 rings (SSSR count). The number of halogens is 1. The van der Waals surface area contributed by atoms with E-state index in [4.69, 9.17) is 28.6 Å². The third-order valence-electron chi connectivity index (χ3n) is 4.72. The predicted octanol–water partition coefficient (Wildman–Crippen LogP) is 5.63. The first-order valence-corrected chi connectivity index (χ1v) is 10.1. The summed E-state index contributed by atoms with van der Waals surface area (Å²) in [5, 5.41) is 17.9. The molecule has 0 saturated carbocycles. The smallest absolute Gasteiger partial charge is 0.261 e. The molecule has 0 bridgehead atoms. The summed E-state index contributed by atoms with van der Waals surface area (Å²) in [6.45, 7) is 6.10. The zero-order valence-corrected chi connectivity index (χ0v) is 18.7. The van der Waals surface area contributed by atoms with Crippen molar-refractivity contribution in [3.8, 4) is 11.5 Å². The molecule has 5 nitrogen and oxygen atoms in total. The van der Waals surface area contributed by atoms with Crippen LogP contribution in [0.5, 0.6) is 11.5 Å². The Morgan fingerprint density at radius 2 is 1.73 bits per heavy atom. The van der Waals surface area contributed by atoms with E-state index in [0.29, 0.717) is 17.0 Å². The molecule has 0 aliphatic heterocycles. The molecule has 1 amide bonds. The van der Waals surface area contributed by atoms with Gasteiger partial charge in [0.1, 0.15) is 5.75 Å². The van der Waals surface area contributed by atoms with Crippen molar-refractivity contribution in [1.82, 2.24) is 5.32 Å². The van der Waals surface area contributed by atoms with E-state index < -0.39 is 5.91 Å². The highest BCUT2D eigenvalue weighted by Crippen LogP contribution is 2.37. The molecule has 0 aliphatic carbocycles. The Morgan fingerprint density at radius 3 is 2.33 bits per heavy atom. The Balaban J connectivity index is 1.84. The first-order valence-electron chi connectivity index (χ1n) is 9.32. The summed E-state index contributed by atoms with van der Waals surface area (Å²) in [6.07, 6.45) is 0. The number of aromatic hydroxyl groups is 1. The molecule has 0 radical (unpaired) electrons.